The van der Waals surface area contributed by atoms with Gasteiger partial charge in [-0.15, -0.1) is 0 Å². The molecule has 2 fully saturated rings. The Labute approximate surface area is 610 Å². The molecule has 0 saturated carbocycles. The third-order valence-corrected chi connectivity index (χ3v) is 16.7. The summed E-state index contributed by atoms with van der Waals surface area (Å²) < 4.78 is 32.5. The van der Waals surface area contributed by atoms with E-state index in [0.29, 0.717) is 96.1 Å². The molecule has 0 radical (unpaired) electrons. The number of amides is 5. The maximum absolute atomic E-state index is 12.0. The topological polar surface area (TPSA) is 379 Å². The van der Waals surface area contributed by atoms with Gasteiger partial charge in [-0.05, 0) is 117 Å². The summed E-state index contributed by atoms with van der Waals surface area (Å²) in [6, 6.07) is 28.2. The number of morpholine rings is 2. The molecular weight excluding hydrogens is 1350 g/mol. The van der Waals surface area contributed by atoms with Crippen LogP contribution in [0.5, 0.6) is 11.8 Å². The van der Waals surface area contributed by atoms with Gasteiger partial charge in [0, 0.05) is 174 Å². The molecule has 0 aliphatic carbocycles. The van der Waals surface area contributed by atoms with Crippen molar-refractivity contribution < 1.29 is 42.8 Å². The van der Waals surface area contributed by atoms with Crippen molar-refractivity contribution >= 4 is 69.1 Å². The van der Waals surface area contributed by atoms with Crippen LogP contribution in [0.2, 0.25) is 0 Å². The van der Waals surface area contributed by atoms with E-state index in [2.05, 4.69) is 116 Å². The first-order valence-electron chi connectivity index (χ1n) is 34.8. The summed E-state index contributed by atoms with van der Waals surface area (Å²) in [6.45, 7) is 18.6. The SMILES string of the molecule is CCNC(=O)Nc1nc2c(-c3ncccn3)cc(-c3ccc(CN(C)CCOC)nc3)cc2[nH]1.CCNC(=O)Nc1nc2c(-c3ncccn3)cc(-c3ccc(OCCN4CCOCC4)nc3)cc2[nH]1.CCOC(=O)Nc1nc2c(-c3ncccn3)cc(-c3ccc(OCCN4CCOCC4)nc3)cc2[nH]1. The van der Waals surface area contributed by atoms with Crippen molar-refractivity contribution in [2.45, 2.75) is 27.3 Å². The number of benzene rings is 3. The van der Waals surface area contributed by atoms with Gasteiger partial charge < -0.3 is 54.0 Å². The standard InChI is InChI=1S/C25H28N8O3.C25H27N7O4.C24H28N8O2/c1-2-26-25(34)32-24-30-20-15-18(14-19(22(20)31-24)23-27-6-3-7-28-23)17-4-5-21(29-16-17)36-13-10-33-8-11-35-12-9-33;1-2-35-25(33)31-24-29-20-15-18(14-19(22(20)30-24)23-26-6-3-7-27-23)17-4-5-21(28-16-17)36-13-10-32-8-11-34-12-9-32;1-4-25-24(33)31-23-29-20-13-17(12-19(21(20)30-23)22-26-8-5-9-27-22)16-6-7-18(28-14-16)15-32(2)10-11-34-3/h3-7,14-16H,2,8-13H2,1H3,(H3,26,30,31,32,34);3-7,14-16H,2,8-13H2,1H3,(H2,29,30,31,33);5-9,12-14H,4,10-11,15H2,1-3H3,(H3,25,29,30,31,33). The number of carbonyl (C=O) groups is 3. The fourth-order valence-corrected chi connectivity index (χ4v) is 11.5. The molecule has 5 amide bonds. The maximum atomic E-state index is 12.0. The Kier molecular flexibility index (Phi) is 25.6. The number of nitrogens with zero attached hydrogens (tertiary/aromatic N) is 15. The molecule has 0 atom stereocenters. The molecule has 106 heavy (non-hydrogen) atoms. The quantitative estimate of drug-likeness (QED) is 0.0264. The molecule has 2 aliphatic heterocycles. The molecule has 0 spiro atoms. The smallest absolute Gasteiger partial charge is 0.413 e. The van der Waals surface area contributed by atoms with Crippen molar-refractivity contribution in [3.63, 3.8) is 0 Å². The third kappa shape index (κ3) is 20.0. The Morgan fingerprint density at radius 3 is 1.25 bits per heavy atom. The van der Waals surface area contributed by atoms with Gasteiger partial charge in [0.1, 0.15) is 29.8 Å². The predicted octanol–water partition coefficient (Wildman–Crippen LogP) is 9.60. The van der Waals surface area contributed by atoms with E-state index < -0.39 is 6.09 Å². The van der Waals surface area contributed by atoms with Gasteiger partial charge in [0.25, 0.3) is 0 Å². The monoisotopic (exact) mass is 1440 g/mol. The van der Waals surface area contributed by atoms with Crippen LogP contribution in [0.15, 0.2) is 147 Å². The van der Waals surface area contributed by atoms with E-state index in [1.807, 2.05) is 99.9 Å². The zero-order chi connectivity index (χ0) is 73.4. The fraction of sp³-hybridized carbons (Fsp3) is 0.311. The number of ether oxygens (including phenoxy) is 6. The lowest BCUT2D eigenvalue weighted by atomic mass is 10.0. The molecule has 0 unspecified atom stereocenters. The number of H-pyrrole nitrogens is 3. The number of pyridine rings is 3. The number of imidazole rings is 3. The Balaban J connectivity index is 0.000000149. The summed E-state index contributed by atoms with van der Waals surface area (Å²) in [7, 11) is 3.74. The van der Waals surface area contributed by atoms with E-state index in [4.69, 9.17) is 28.4 Å². The summed E-state index contributed by atoms with van der Waals surface area (Å²) in [4.78, 5) is 106. The number of nitrogens with one attached hydrogen (secondary N) is 8. The number of methoxy groups -OCH3 is 1. The van der Waals surface area contributed by atoms with Crippen LogP contribution in [0.4, 0.5) is 32.2 Å². The number of hydrogen-bond donors (Lipinski definition) is 8. The van der Waals surface area contributed by atoms with Gasteiger partial charge in [-0.3, -0.25) is 35.6 Å². The van der Waals surface area contributed by atoms with Gasteiger partial charge in [0.15, 0.2) is 17.5 Å². The van der Waals surface area contributed by atoms with Gasteiger partial charge in [-0.2, -0.15) is 0 Å². The molecule has 2 saturated heterocycles. The van der Waals surface area contributed by atoms with Crippen LogP contribution >= 0.6 is 0 Å². The van der Waals surface area contributed by atoms with Crippen LogP contribution in [0, 0.1) is 0 Å². The molecule has 548 valence electrons. The Morgan fingerprint density at radius 2 is 0.887 bits per heavy atom. The van der Waals surface area contributed by atoms with E-state index in [1.54, 1.807) is 81.8 Å². The molecule has 14 rings (SSSR count). The van der Waals surface area contributed by atoms with Gasteiger partial charge in [-0.1, -0.05) is 6.07 Å². The number of anilines is 3. The molecule has 2 aliphatic rings. The number of aromatic amines is 3. The summed E-state index contributed by atoms with van der Waals surface area (Å²) in [5, 5.41) is 13.5. The molecule has 8 N–H and O–H groups in total. The first-order chi connectivity index (χ1) is 51.9. The van der Waals surface area contributed by atoms with Crippen LogP contribution in [-0.4, -0.2) is 234 Å². The largest absolute Gasteiger partial charge is 0.476 e. The molecule has 0 bridgehead atoms. The third-order valence-electron chi connectivity index (χ3n) is 16.7. The van der Waals surface area contributed by atoms with E-state index in [9.17, 15) is 14.4 Å². The van der Waals surface area contributed by atoms with Gasteiger partial charge in [-0.25, -0.2) is 69.2 Å². The highest BCUT2D eigenvalue weighted by Gasteiger charge is 2.21. The lowest BCUT2D eigenvalue weighted by Crippen LogP contribution is -2.38. The number of hydrogen-bond acceptors (Lipinski definition) is 24. The highest BCUT2D eigenvalue weighted by Crippen LogP contribution is 2.36. The summed E-state index contributed by atoms with van der Waals surface area (Å²) in [5.74, 6) is 3.73. The number of likely N-dealkylation sites (N-methyl/N-ethyl adjacent to an activating group) is 1. The highest BCUT2D eigenvalue weighted by atomic mass is 16.5. The minimum absolute atomic E-state index is 0.263. The van der Waals surface area contributed by atoms with Crippen LogP contribution < -0.4 is 36.1 Å². The van der Waals surface area contributed by atoms with Crippen molar-refractivity contribution in [3.8, 4) is 79.3 Å². The van der Waals surface area contributed by atoms with Crippen molar-refractivity contribution in [2.75, 3.05) is 142 Å². The fourth-order valence-electron chi connectivity index (χ4n) is 11.5. The Bertz CT molecular complexity index is 4610. The minimum atomic E-state index is -0.581. The number of rotatable bonds is 25. The van der Waals surface area contributed by atoms with Crippen molar-refractivity contribution in [1.82, 2.24) is 100 Å². The molecule has 3 aromatic carbocycles. The number of urea groups is 2. The second kappa shape index (κ2) is 36.9. The predicted molar refractivity (Wildman–Crippen MR) is 401 cm³/mol. The van der Waals surface area contributed by atoms with Crippen molar-refractivity contribution in [3.05, 3.63) is 152 Å². The molecule has 9 aromatic heterocycles. The Hall–Kier alpha value is -12.1. The van der Waals surface area contributed by atoms with E-state index in [0.717, 1.165) is 146 Å². The molecule has 12 aromatic rings. The molecule has 32 heteroatoms. The average molecular weight is 1440 g/mol. The summed E-state index contributed by atoms with van der Waals surface area (Å²) in [6.07, 6.45) is 14.9. The van der Waals surface area contributed by atoms with E-state index >= 15 is 0 Å². The first-order valence-corrected chi connectivity index (χ1v) is 34.8. The number of aromatic nitrogens is 15. The van der Waals surface area contributed by atoms with Gasteiger partial charge in [0.05, 0.1) is 61.9 Å². The lowest BCUT2D eigenvalue weighted by molar-refractivity contribution is 0.0319. The highest BCUT2D eigenvalue weighted by molar-refractivity contribution is 6.00. The second-order valence-corrected chi connectivity index (χ2v) is 24.2. The van der Waals surface area contributed by atoms with Gasteiger partial charge in [0.2, 0.25) is 29.6 Å². The Morgan fingerprint density at radius 1 is 0.491 bits per heavy atom. The van der Waals surface area contributed by atoms with Crippen LogP contribution in [0.3, 0.4) is 0 Å². The van der Waals surface area contributed by atoms with E-state index in [1.165, 1.54) is 0 Å². The van der Waals surface area contributed by atoms with Crippen LogP contribution in [0.1, 0.15) is 26.5 Å². The zero-order valence-electron chi connectivity index (χ0n) is 59.5. The van der Waals surface area contributed by atoms with E-state index in [-0.39, 0.29) is 24.6 Å². The van der Waals surface area contributed by atoms with Crippen molar-refractivity contribution in [2.24, 2.45) is 0 Å². The van der Waals surface area contributed by atoms with Crippen molar-refractivity contribution in [1.29, 1.82) is 0 Å². The summed E-state index contributed by atoms with van der Waals surface area (Å²) in [5.41, 5.74) is 12.9. The summed E-state index contributed by atoms with van der Waals surface area (Å²) >= 11 is 0. The molecule has 32 nitrogen and oxygen atoms in total. The number of fused-ring (bicyclic) bond motifs is 3. The zero-order valence-corrected chi connectivity index (χ0v) is 59.5. The van der Waals surface area contributed by atoms with Gasteiger partial charge >= 0.3 is 18.2 Å². The second-order valence-electron chi connectivity index (χ2n) is 24.2. The molecule has 11 heterocycles. The van der Waals surface area contributed by atoms with Crippen LogP contribution in [0.25, 0.3) is 101 Å². The maximum Gasteiger partial charge on any atom is 0.413 e. The average Bonchev–Trinajstić information content (AvgIpc) is 1.59. The first kappa shape index (κ1) is 73.7. The number of carbonyl (C=O) groups excluding carboxylic acids is 3. The minimum Gasteiger partial charge on any atom is -0.476 e. The van der Waals surface area contributed by atoms with Crippen LogP contribution in [-0.2, 0) is 25.5 Å². The molecular formula is C74H83N23O9. The normalized spacial score (nSPS) is 13.1. The lowest BCUT2D eigenvalue weighted by Gasteiger charge is -2.26.